The quantitative estimate of drug-likeness (QED) is 0.825. The average Bonchev–Trinajstić information content (AvgIpc) is 2.48. The zero-order valence-electron chi connectivity index (χ0n) is 8.42. The van der Waals surface area contributed by atoms with E-state index in [9.17, 15) is 4.79 Å². The number of benzene rings is 1. The van der Waals surface area contributed by atoms with Crippen LogP contribution in [-0.4, -0.2) is 12.3 Å². The van der Waals surface area contributed by atoms with Crippen LogP contribution in [0.3, 0.4) is 0 Å². The molecule has 1 heterocycles. The fourth-order valence-corrected chi connectivity index (χ4v) is 1.96. The lowest BCUT2D eigenvalue weighted by Gasteiger charge is -2.23. The molecule has 0 spiro atoms. The first-order valence-electron chi connectivity index (χ1n) is 4.63. The van der Waals surface area contributed by atoms with Gasteiger partial charge in [-0.15, -0.1) is 12.4 Å². The van der Waals surface area contributed by atoms with Crippen molar-refractivity contribution in [3.63, 3.8) is 0 Å². The highest BCUT2D eigenvalue weighted by atomic mass is 35.5. The third-order valence-corrected chi connectivity index (χ3v) is 2.96. The number of ketones is 1. The van der Waals surface area contributed by atoms with Crippen LogP contribution >= 0.6 is 24.0 Å². The van der Waals surface area contributed by atoms with Crippen molar-refractivity contribution < 1.29 is 4.79 Å². The molecule has 1 aromatic rings. The Kier molecular flexibility index (Phi) is 3.77. The van der Waals surface area contributed by atoms with Crippen LogP contribution in [0, 0.1) is 0 Å². The average molecular weight is 246 g/mol. The molecule has 2 nitrogen and oxygen atoms in total. The van der Waals surface area contributed by atoms with Gasteiger partial charge in [-0.3, -0.25) is 4.79 Å². The van der Waals surface area contributed by atoms with Crippen LogP contribution in [-0.2, 0) is 10.3 Å². The van der Waals surface area contributed by atoms with Gasteiger partial charge in [0.05, 0.1) is 6.54 Å². The van der Waals surface area contributed by atoms with Gasteiger partial charge in [0.1, 0.15) is 5.78 Å². The molecular formula is C11H13Cl2NO. The van der Waals surface area contributed by atoms with E-state index in [4.69, 9.17) is 11.6 Å². The topological polar surface area (TPSA) is 29.1 Å². The summed E-state index contributed by atoms with van der Waals surface area (Å²) >= 11 is 5.81. The number of Topliss-reactive ketones (excluding diaryl/α,β-unsaturated/α-hetero) is 1. The molecule has 0 aromatic heterocycles. The lowest BCUT2D eigenvalue weighted by molar-refractivity contribution is -0.116. The van der Waals surface area contributed by atoms with E-state index < -0.39 is 0 Å². The Balaban J connectivity index is 0.00000112. The van der Waals surface area contributed by atoms with Crippen molar-refractivity contribution in [2.24, 2.45) is 0 Å². The molecule has 1 aromatic carbocycles. The van der Waals surface area contributed by atoms with Gasteiger partial charge in [-0.1, -0.05) is 23.7 Å². The molecule has 0 saturated carbocycles. The number of halogens is 2. The van der Waals surface area contributed by atoms with Gasteiger partial charge in [-0.25, -0.2) is 0 Å². The van der Waals surface area contributed by atoms with Crippen molar-refractivity contribution in [1.29, 1.82) is 0 Å². The normalized spacial score (nSPS) is 25.1. The van der Waals surface area contributed by atoms with Crippen molar-refractivity contribution in [2.75, 3.05) is 6.54 Å². The number of carbonyl (C=O) groups is 1. The van der Waals surface area contributed by atoms with Crippen LogP contribution in [0.25, 0.3) is 0 Å². The summed E-state index contributed by atoms with van der Waals surface area (Å²) in [4.78, 5) is 11.2. The van der Waals surface area contributed by atoms with Crippen LogP contribution in [0.2, 0.25) is 5.02 Å². The van der Waals surface area contributed by atoms with Crippen LogP contribution in [0.5, 0.6) is 0 Å². The Morgan fingerprint density at radius 3 is 2.40 bits per heavy atom. The molecule has 0 aliphatic carbocycles. The number of carbonyl (C=O) groups excluding carboxylic acids is 1. The minimum absolute atomic E-state index is 0. The molecule has 1 unspecified atom stereocenters. The van der Waals surface area contributed by atoms with Crippen molar-refractivity contribution in [3.8, 4) is 0 Å². The lowest BCUT2D eigenvalue weighted by atomic mass is 9.90. The maximum atomic E-state index is 11.2. The fourth-order valence-electron chi connectivity index (χ4n) is 1.83. The van der Waals surface area contributed by atoms with E-state index in [0.29, 0.717) is 13.0 Å². The Labute approximate surface area is 100 Å². The highest BCUT2D eigenvalue weighted by Gasteiger charge is 2.34. The highest BCUT2D eigenvalue weighted by Crippen LogP contribution is 2.29. The molecule has 1 N–H and O–H groups in total. The molecule has 2 rings (SSSR count). The van der Waals surface area contributed by atoms with Crippen LogP contribution in [0.1, 0.15) is 18.9 Å². The summed E-state index contributed by atoms with van der Waals surface area (Å²) in [6.07, 6.45) is 0.564. The van der Waals surface area contributed by atoms with E-state index in [0.717, 1.165) is 10.6 Å². The van der Waals surface area contributed by atoms with Gasteiger partial charge in [0.25, 0.3) is 0 Å². The third-order valence-electron chi connectivity index (χ3n) is 2.71. The van der Waals surface area contributed by atoms with E-state index in [1.807, 2.05) is 31.2 Å². The van der Waals surface area contributed by atoms with E-state index in [1.54, 1.807) is 0 Å². The molecular weight excluding hydrogens is 233 g/mol. The zero-order valence-corrected chi connectivity index (χ0v) is 9.99. The molecule has 0 bridgehead atoms. The first-order valence-corrected chi connectivity index (χ1v) is 5.01. The second-order valence-electron chi connectivity index (χ2n) is 3.91. The Hall–Kier alpha value is -0.570. The summed E-state index contributed by atoms with van der Waals surface area (Å²) in [5.41, 5.74) is 0.912. The molecule has 1 fully saturated rings. The summed E-state index contributed by atoms with van der Waals surface area (Å²) < 4.78 is 0. The van der Waals surface area contributed by atoms with Crippen molar-refractivity contribution >= 4 is 29.8 Å². The van der Waals surface area contributed by atoms with E-state index in [1.165, 1.54) is 0 Å². The van der Waals surface area contributed by atoms with Gasteiger partial charge in [0.15, 0.2) is 0 Å². The van der Waals surface area contributed by atoms with Crippen molar-refractivity contribution in [1.82, 2.24) is 5.32 Å². The molecule has 0 amide bonds. The summed E-state index contributed by atoms with van der Waals surface area (Å²) in [7, 11) is 0. The van der Waals surface area contributed by atoms with Gasteiger partial charge in [0.2, 0.25) is 0 Å². The fraction of sp³-hybridized carbons (Fsp3) is 0.364. The monoisotopic (exact) mass is 245 g/mol. The van der Waals surface area contributed by atoms with E-state index in [-0.39, 0.29) is 23.7 Å². The largest absolute Gasteiger partial charge is 0.300 e. The SMILES string of the molecule is CC1(c2ccc(Cl)cc2)CC(=O)CN1.Cl. The molecule has 15 heavy (non-hydrogen) atoms. The maximum Gasteiger partial charge on any atom is 0.148 e. The minimum Gasteiger partial charge on any atom is -0.300 e. The molecule has 1 aliphatic heterocycles. The summed E-state index contributed by atoms with van der Waals surface area (Å²) in [5, 5.41) is 3.95. The van der Waals surface area contributed by atoms with Crippen molar-refractivity contribution in [2.45, 2.75) is 18.9 Å². The van der Waals surface area contributed by atoms with Crippen LogP contribution in [0.4, 0.5) is 0 Å². The predicted molar refractivity (Wildman–Crippen MR) is 63.7 cm³/mol. The zero-order chi connectivity index (χ0) is 10.2. The molecule has 1 atom stereocenters. The van der Waals surface area contributed by atoms with E-state index in [2.05, 4.69) is 5.32 Å². The number of rotatable bonds is 1. The maximum absolute atomic E-state index is 11.2. The number of nitrogens with one attached hydrogen (secondary N) is 1. The lowest BCUT2D eigenvalue weighted by Crippen LogP contribution is -2.32. The summed E-state index contributed by atoms with van der Waals surface area (Å²) in [6, 6.07) is 7.64. The Morgan fingerprint density at radius 2 is 1.93 bits per heavy atom. The molecule has 1 saturated heterocycles. The van der Waals surface area contributed by atoms with Gasteiger partial charge in [0, 0.05) is 17.0 Å². The molecule has 0 radical (unpaired) electrons. The predicted octanol–water partition coefficient (Wildman–Crippen LogP) is 2.54. The summed E-state index contributed by atoms with van der Waals surface area (Å²) in [5.74, 6) is 0.266. The van der Waals surface area contributed by atoms with Gasteiger partial charge in [-0.05, 0) is 24.6 Å². The summed E-state index contributed by atoms with van der Waals surface area (Å²) in [6.45, 7) is 2.51. The van der Waals surface area contributed by atoms with Crippen LogP contribution < -0.4 is 5.32 Å². The smallest absolute Gasteiger partial charge is 0.148 e. The van der Waals surface area contributed by atoms with E-state index >= 15 is 0 Å². The Morgan fingerprint density at radius 1 is 1.33 bits per heavy atom. The number of hydrogen-bond acceptors (Lipinski definition) is 2. The first-order chi connectivity index (χ1) is 6.60. The minimum atomic E-state index is -0.207. The van der Waals surface area contributed by atoms with Gasteiger partial charge in [-0.2, -0.15) is 0 Å². The highest BCUT2D eigenvalue weighted by molar-refractivity contribution is 6.30. The second kappa shape index (κ2) is 4.52. The molecule has 1 aliphatic rings. The standard InChI is InChI=1S/C11H12ClNO.ClH/c1-11(6-10(14)7-13-11)8-2-4-9(12)5-3-8;/h2-5,13H,6-7H2,1H3;1H. The number of hydrogen-bond donors (Lipinski definition) is 1. The van der Waals surface area contributed by atoms with Gasteiger partial charge < -0.3 is 5.32 Å². The Bertz CT molecular complexity index is 363. The third kappa shape index (κ3) is 2.51. The van der Waals surface area contributed by atoms with Crippen molar-refractivity contribution in [3.05, 3.63) is 34.9 Å². The first kappa shape index (κ1) is 12.5. The van der Waals surface area contributed by atoms with Crippen LogP contribution in [0.15, 0.2) is 24.3 Å². The second-order valence-corrected chi connectivity index (χ2v) is 4.34. The molecule has 4 heteroatoms. The van der Waals surface area contributed by atoms with Gasteiger partial charge >= 0.3 is 0 Å². The molecule has 82 valence electrons.